The van der Waals surface area contributed by atoms with Crippen molar-refractivity contribution in [1.29, 1.82) is 0 Å². The normalized spacial score (nSPS) is 16.4. The van der Waals surface area contributed by atoms with E-state index in [4.69, 9.17) is 4.74 Å². The molecule has 25 heavy (non-hydrogen) atoms. The topological polar surface area (TPSA) is 63.3 Å². The minimum absolute atomic E-state index is 0.102. The molecule has 1 aliphatic heterocycles. The summed E-state index contributed by atoms with van der Waals surface area (Å²) in [6.45, 7) is 5.63. The summed E-state index contributed by atoms with van der Waals surface area (Å²) in [7, 11) is 0. The molecule has 0 radical (unpaired) electrons. The maximum Gasteiger partial charge on any atom is 0.251 e. The lowest BCUT2D eigenvalue weighted by molar-refractivity contribution is 0.0947. The van der Waals surface area contributed by atoms with Crippen LogP contribution >= 0.6 is 0 Å². The highest BCUT2D eigenvalue weighted by Gasteiger charge is 2.18. The Morgan fingerprint density at radius 3 is 2.96 bits per heavy atom. The van der Waals surface area contributed by atoms with Gasteiger partial charge >= 0.3 is 0 Å². The van der Waals surface area contributed by atoms with Crippen LogP contribution in [0.15, 0.2) is 49.2 Å². The molecule has 0 spiro atoms. The second-order valence-electron chi connectivity index (χ2n) is 5.98. The average molecular weight is 337 g/mol. The number of pyridine rings is 1. The second kappa shape index (κ2) is 8.44. The van der Waals surface area contributed by atoms with E-state index in [9.17, 15) is 4.79 Å². The maximum absolute atomic E-state index is 12.0. The first-order valence-electron chi connectivity index (χ1n) is 8.60. The summed E-state index contributed by atoms with van der Waals surface area (Å²) in [5.41, 5.74) is 2.49. The van der Waals surface area contributed by atoms with Gasteiger partial charge in [0, 0.05) is 17.8 Å². The zero-order valence-corrected chi connectivity index (χ0v) is 14.2. The van der Waals surface area contributed by atoms with Crippen molar-refractivity contribution in [1.82, 2.24) is 15.6 Å². The minimum atomic E-state index is -0.102. The van der Waals surface area contributed by atoms with Crippen LogP contribution in [-0.2, 0) is 0 Å². The van der Waals surface area contributed by atoms with Gasteiger partial charge < -0.3 is 15.4 Å². The van der Waals surface area contributed by atoms with E-state index >= 15 is 0 Å². The van der Waals surface area contributed by atoms with Gasteiger partial charge in [0.1, 0.15) is 18.1 Å². The standard InChI is InChI=1S/C20H23N3O2/c1-2-17-19(13-16(14-23-17)18-9-6-10-21-18)25-12-11-22-20(24)15-7-4-3-5-8-15/h2-5,7-8,13-14,18,21H,1,6,9-12H2,(H,22,24)/t18-/m1/s1. The third kappa shape index (κ3) is 4.45. The van der Waals surface area contributed by atoms with Gasteiger partial charge in [-0.05, 0) is 49.2 Å². The Labute approximate surface area is 148 Å². The lowest BCUT2D eigenvalue weighted by atomic mass is 10.1. The second-order valence-corrected chi connectivity index (χ2v) is 5.98. The van der Waals surface area contributed by atoms with Crippen molar-refractivity contribution in [2.45, 2.75) is 18.9 Å². The fourth-order valence-electron chi connectivity index (χ4n) is 2.92. The van der Waals surface area contributed by atoms with Crippen LogP contribution in [-0.4, -0.2) is 30.6 Å². The Kier molecular flexibility index (Phi) is 5.80. The summed E-state index contributed by atoms with van der Waals surface area (Å²) < 4.78 is 5.84. The molecule has 1 aromatic carbocycles. The van der Waals surface area contributed by atoms with Gasteiger partial charge in [0.25, 0.3) is 5.91 Å². The van der Waals surface area contributed by atoms with E-state index < -0.39 is 0 Å². The lowest BCUT2D eigenvalue weighted by Gasteiger charge is -2.14. The summed E-state index contributed by atoms with van der Waals surface area (Å²) in [6.07, 6.45) is 5.85. The van der Waals surface area contributed by atoms with Gasteiger partial charge in [-0.15, -0.1) is 0 Å². The molecule has 0 saturated carbocycles. The van der Waals surface area contributed by atoms with E-state index in [-0.39, 0.29) is 5.91 Å². The number of ether oxygens (including phenoxy) is 1. The van der Waals surface area contributed by atoms with E-state index in [1.165, 1.54) is 6.42 Å². The van der Waals surface area contributed by atoms with Gasteiger partial charge in [-0.25, -0.2) is 0 Å². The predicted octanol–water partition coefficient (Wildman–Crippen LogP) is 2.96. The molecule has 130 valence electrons. The molecule has 1 aromatic heterocycles. The van der Waals surface area contributed by atoms with Crippen molar-refractivity contribution in [2.24, 2.45) is 0 Å². The molecule has 2 aromatic rings. The zero-order chi connectivity index (χ0) is 17.5. The number of aromatic nitrogens is 1. The number of nitrogens with one attached hydrogen (secondary N) is 2. The van der Waals surface area contributed by atoms with Crippen LogP contribution in [0.25, 0.3) is 6.08 Å². The van der Waals surface area contributed by atoms with Crippen molar-refractivity contribution in [3.63, 3.8) is 0 Å². The lowest BCUT2D eigenvalue weighted by Crippen LogP contribution is -2.28. The molecule has 1 saturated heterocycles. The molecule has 0 bridgehead atoms. The molecular formula is C20H23N3O2. The zero-order valence-electron chi connectivity index (χ0n) is 14.2. The van der Waals surface area contributed by atoms with Gasteiger partial charge in [0.2, 0.25) is 0 Å². The van der Waals surface area contributed by atoms with Crippen LogP contribution in [0.5, 0.6) is 5.75 Å². The van der Waals surface area contributed by atoms with Gasteiger partial charge in [-0.2, -0.15) is 0 Å². The summed E-state index contributed by atoms with van der Waals surface area (Å²) in [5.74, 6) is 0.602. The number of hydrogen-bond acceptors (Lipinski definition) is 4. The van der Waals surface area contributed by atoms with Gasteiger partial charge in [-0.1, -0.05) is 24.8 Å². The summed E-state index contributed by atoms with van der Waals surface area (Å²) in [6, 6.07) is 11.5. The highest BCUT2D eigenvalue weighted by atomic mass is 16.5. The van der Waals surface area contributed by atoms with Crippen LogP contribution in [0.1, 0.15) is 40.5 Å². The summed E-state index contributed by atoms with van der Waals surface area (Å²) >= 11 is 0. The molecule has 2 heterocycles. The SMILES string of the molecule is C=Cc1ncc([C@H]2CCCN2)cc1OCCNC(=O)c1ccccc1. The Morgan fingerprint density at radius 1 is 1.40 bits per heavy atom. The number of hydrogen-bond donors (Lipinski definition) is 2. The first kappa shape index (κ1) is 17.2. The molecule has 1 aliphatic rings. The first-order chi connectivity index (χ1) is 12.3. The van der Waals surface area contributed by atoms with E-state index in [2.05, 4.69) is 22.2 Å². The maximum atomic E-state index is 12.0. The van der Waals surface area contributed by atoms with Crippen molar-refractivity contribution in [3.05, 3.63) is 66.0 Å². The van der Waals surface area contributed by atoms with Crippen LogP contribution < -0.4 is 15.4 Å². The molecule has 3 rings (SSSR count). The average Bonchev–Trinajstić information content (AvgIpc) is 3.20. The third-order valence-electron chi connectivity index (χ3n) is 4.24. The number of amides is 1. The molecule has 0 unspecified atom stereocenters. The molecular weight excluding hydrogens is 314 g/mol. The number of carbonyl (C=O) groups is 1. The Hall–Kier alpha value is -2.66. The Morgan fingerprint density at radius 2 is 2.24 bits per heavy atom. The molecule has 1 amide bonds. The summed E-state index contributed by atoms with van der Waals surface area (Å²) in [5, 5.41) is 6.31. The largest absolute Gasteiger partial charge is 0.489 e. The van der Waals surface area contributed by atoms with Crippen LogP contribution in [0.3, 0.4) is 0 Å². The molecule has 0 aliphatic carbocycles. The van der Waals surface area contributed by atoms with Gasteiger partial charge in [0.15, 0.2) is 0 Å². The summed E-state index contributed by atoms with van der Waals surface area (Å²) in [4.78, 5) is 16.4. The number of carbonyl (C=O) groups excluding carboxylic acids is 1. The van der Waals surface area contributed by atoms with E-state index in [1.807, 2.05) is 30.5 Å². The minimum Gasteiger partial charge on any atom is -0.489 e. The highest BCUT2D eigenvalue weighted by molar-refractivity contribution is 5.94. The monoisotopic (exact) mass is 337 g/mol. The fourth-order valence-corrected chi connectivity index (χ4v) is 2.92. The van der Waals surface area contributed by atoms with Gasteiger partial charge in [0.05, 0.1) is 6.54 Å². The van der Waals surface area contributed by atoms with E-state index in [0.717, 1.165) is 24.2 Å². The molecule has 1 atom stereocenters. The van der Waals surface area contributed by atoms with E-state index in [0.29, 0.717) is 30.5 Å². The Balaban J connectivity index is 1.55. The molecule has 2 N–H and O–H groups in total. The van der Waals surface area contributed by atoms with E-state index in [1.54, 1.807) is 18.2 Å². The molecule has 5 nitrogen and oxygen atoms in total. The molecule has 1 fully saturated rings. The van der Waals surface area contributed by atoms with Gasteiger partial charge in [-0.3, -0.25) is 9.78 Å². The highest BCUT2D eigenvalue weighted by Crippen LogP contribution is 2.27. The van der Waals surface area contributed by atoms with Crippen molar-refractivity contribution in [3.8, 4) is 5.75 Å². The number of rotatable bonds is 7. The third-order valence-corrected chi connectivity index (χ3v) is 4.24. The van der Waals surface area contributed by atoms with Crippen LogP contribution in [0, 0.1) is 0 Å². The van der Waals surface area contributed by atoms with Crippen LogP contribution in [0.4, 0.5) is 0 Å². The quantitative estimate of drug-likeness (QED) is 0.763. The van der Waals surface area contributed by atoms with Crippen molar-refractivity contribution >= 4 is 12.0 Å². The first-order valence-corrected chi connectivity index (χ1v) is 8.60. The number of benzene rings is 1. The van der Waals surface area contributed by atoms with Crippen molar-refractivity contribution < 1.29 is 9.53 Å². The van der Waals surface area contributed by atoms with Crippen LogP contribution in [0.2, 0.25) is 0 Å². The molecule has 5 heteroatoms. The predicted molar refractivity (Wildman–Crippen MR) is 98.6 cm³/mol. The smallest absolute Gasteiger partial charge is 0.251 e. The number of nitrogens with zero attached hydrogens (tertiary/aromatic N) is 1. The van der Waals surface area contributed by atoms with Crippen molar-refractivity contribution in [2.75, 3.05) is 19.7 Å². The Bertz CT molecular complexity index is 725. The fraction of sp³-hybridized carbons (Fsp3) is 0.300.